The highest BCUT2D eigenvalue weighted by atomic mass is 16.5. The zero-order valence-electron chi connectivity index (χ0n) is 24.7. The van der Waals surface area contributed by atoms with Crippen LogP contribution in [0.1, 0.15) is 162 Å². The normalized spacial score (nSPS) is 16.0. The molecule has 0 aromatic carbocycles. The van der Waals surface area contributed by atoms with E-state index in [2.05, 4.69) is 43.4 Å². The zero-order chi connectivity index (χ0) is 26.7. The van der Waals surface area contributed by atoms with Crippen molar-refractivity contribution in [2.24, 2.45) is 0 Å². The van der Waals surface area contributed by atoms with Crippen LogP contribution in [0.5, 0.6) is 0 Å². The molecule has 0 aromatic heterocycles. The van der Waals surface area contributed by atoms with Crippen LogP contribution in [-0.2, 0) is 9.53 Å². The summed E-state index contributed by atoms with van der Waals surface area (Å²) in [6, 6.07) is 0. The molecule has 0 bridgehead atoms. The Morgan fingerprint density at radius 2 is 0.946 bits per heavy atom. The van der Waals surface area contributed by atoms with E-state index >= 15 is 0 Å². The van der Waals surface area contributed by atoms with Gasteiger partial charge in [0, 0.05) is 5.57 Å². The average Bonchev–Trinajstić information content (AvgIpc) is 3.22. The number of cyclic esters (lactones) is 1. The van der Waals surface area contributed by atoms with Gasteiger partial charge >= 0.3 is 5.97 Å². The lowest BCUT2D eigenvalue weighted by Gasteiger charge is -2.02. The van der Waals surface area contributed by atoms with Crippen molar-refractivity contribution >= 4 is 5.97 Å². The van der Waals surface area contributed by atoms with Crippen molar-refractivity contribution in [2.75, 3.05) is 0 Å². The Morgan fingerprint density at radius 1 is 0.568 bits per heavy atom. The Morgan fingerprint density at radius 3 is 1.35 bits per heavy atom. The molecule has 1 aliphatic rings. The smallest absolute Gasteiger partial charge is 0.334 e. The maximum absolute atomic E-state index is 11.6. The molecule has 1 heterocycles. The standard InChI is InChI=1S/C35H60O2/c1-3-4-5-6-7-8-9-10-11-12-13-14-15-16-17-18-19-20-21-22-23-24-25-26-27-28-29-30-31-34-32-33(2)37-35(34)36/h12-13,16-17,20-21,32-33H,3-11,14-15,18-19,22-31H2,1-2H3. The molecule has 0 radical (unpaired) electrons. The molecule has 212 valence electrons. The summed E-state index contributed by atoms with van der Waals surface area (Å²) in [4.78, 5) is 11.6. The van der Waals surface area contributed by atoms with Crippen molar-refractivity contribution < 1.29 is 9.53 Å². The number of carbonyl (C=O) groups excluding carboxylic acids is 1. The summed E-state index contributed by atoms with van der Waals surface area (Å²) in [5, 5.41) is 0. The van der Waals surface area contributed by atoms with E-state index in [0.29, 0.717) is 0 Å². The van der Waals surface area contributed by atoms with Gasteiger partial charge in [0.05, 0.1) is 0 Å². The maximum atomic E-state index is 11.6. The Hall–Kier alpha value is -1.57. The van der Waals surface area contributed by atoms with E-state index in [1.807, 2.05) is 13.0 Å². The molecule has 2 nitrogen and oxygen atoms in total. The quantitative estimate of drug-likeness (QED) is 0.0654. The molecule has 0 aliphatic carbocycles. The molecule has 1 unspecified atom stereocenters. The molecule has 2 heteroatoms. The summed E-state index contributed by atoms with van der Waals surface area (Å²) in [6.45, 7) is 4.22. The third kappa shape index (κ3) is 22.2. The summed E-state index contributed by atoms with van der Waals surface area (Å²) in [6.07, 6.45) is 45.9. The number of esters is 1. The second-order valence-corrected chi connectivity index (χ2v) is 11.0. The second-order valence-electron chi connectivity index (χ2n) is 11.0. The van der Waals surface area contributed by atoms with Gasteiger partial charge in [0.25, 0.3) is 0 Å². The van der Waals surface area contributed by atoms with Gasteiger partial charge < -0.3 is 4.74 Å². The van der Waals surface area contributed by atoms with Crippen LogP contribution >= 0.6 is 0 Å². The maximum Gasteiger partial charge on any atom is 0.334 e. The van der Waals surface area contributed by atoms with Crippen LogP contribution in [0, 0.1) is 0 Å². The molecular weight excluding hydrogens is 452 g/mol. The number of hydrogen-bond donors (Lipinski definition) is 0. The lowest BCUT2D eigenvalue weighted by molar-refractivity contribution is -0.139. The third-order valence-corrected chi connectivity index (χ3v) is 7.28. The molecule has 0 saturated heterocycles. The number of carbonyl (C=O) groups is 1. The fourth-order valence-corrected chi connectivity index (χ4v) is 4.94. The second kappa shape index (κ2) is 26.1. The van der Waals surface area contributed by atoms with Gasteiger partial charge in [-0.1, -0.05) is 127 Å². The Bertz CT molecular complexity index is 640. The van der Waals surface area contributed by atoms with Crippen molar-refractivity contribution in [3.8, 4) is 0 Å². The minimum absolute atomic E-state index is 0.0224. The van der Waals surface area contributed by atoms with Gasteiger partial charge in [-0.05, 0) is 77.2 Å². The molecule has 1 atom stereocenters. The molecule has 37 heavy (non-hydrogen) atoms. The molecule has 0 fully saturated rings. The summed E-state index contributed by atoms with van der Waals surface area (Å²) >= 11 is 0. The first-order valence-electron chi connectivity index (χ1n) is 16.1. The van der Waals surface area contributed by atoms with Crippen LogP contribution in [-0.4, -0.2) is 12.1 Å². The number of unbranched alkanes of at least 4 members (excludes halogenated alkanes) is 18. The molecule has 1 aliphatic heterocycles. The van der Waals surface area contributed by atoms with Gasteiger partial charge in [-0.25, -0.2) is 4.79 Å². The number of hydrogen-bond acceptors (Lipinski definition) is 2. The van der Waals surface area contributed by atoms with Crippen LogP contribution in [0.3, 0.4) is 0 Å². The monoisotopic (exact) mass is 512 g/mol. The largest absolute Gasteiger partial charge is 0.455 e. The molecule has 0 N–H and O–H groups in total. The first-order chi connectivity index (χ1) is 18.2. The zero-order valence-corrected chi connectivity index (χ0v) is 24.7. The predicted octanol–water partition coefficient (Wildman–Crippen LogP) is 11.5. The van der Waals surface area contributed by atoms with Crippen molar-refractivity contribution in [3.63, 3.8) is 0 Å². The molecule has 1 rings (SSSR count). The average molecular weight is 513 g/mol. The highest BCUT2D eigenvalue weighted by molar-refractivity contribution is 5.90. The van der Waals surface area contributed by atoms with Crippen molar-refractivity contribution in [1.82, 2.24) is 0 Å². The molecule has 0 amide bonds. The van der Waals surface area contributed by atoms with Crippen molar-refractivity contribution in [3.05, 3.63) is 48.1 Å². The first-order valence-corrected chi connectivity index (χ1v) is 16.1. The van der Waals surface area contributed by atoms with Gasteiger partial charge in [-0.2, -0.15) is 0 Å². The predicted molar refractivity (Wildman–Crippen MR) is 163 cm³/mol. The minimum Gasteiger partial charge on any atom is -0.455 e. The van der Waals surface area contributed by atoms with Gasteiger partial charge in [0.15, 0.2) is 0 Å². The fourth-order valence-electron chi connectivity index (χ4n) is 4.94. The van der Waals surface area contributed by atoms with Gasteiger partial charge in [0.2, 0.25) is 0 Å². The van der Waals surface area contributed by atoms with E-state index in [9.17, 15) is 4.79 Å². The minimum atomic E-state index is -0.0966. The van der Waals surface area contributed by atoms with E-state index < -0.39 is 0 Å². The number of rotatable bonds is 26. The summed E-state index contributed by atoms with van der Waals surface area (Å²) < 4.78 is 5.15. The van der Waals surface area contributed by atoms with Crippen LogP contribution < -0.4 is 0 Å². The number of allylic oxidation sites excluding steroid dienone is 6. The number of ether oxygens (including phenoxy) is 1. The van der Waals surface area contributed by atoms with Gasteiger partial charge in [-0.15, -0.1) is 0 Å². The van der Waals surface area contributed by atoms with Crippen LogP contribution in [0.4, 0.5) is 0 Å². The summed E-state index contributed by atoms with van der Waals surface area (Å²) in [5.74, 6) is -0.0966. The Kier molecular flexibility index (Phi) is 23.6. The van der Waals surface area contributed by atoms with Crippen LogP contribution in [0.25, 0.3) is 0 Å². The fraction of sp³-hybridized carbons (Fsp3) is 0.743. The lowest BCUT2D eigenvalue weighted by atomic mass is 10.0. The van der Waals surface area contributed by atoms with Crippen molar-refractivity contribution in [1.29, 1.82) is 0 Å². The van der Waals surface area contributed by atoms with Gasteiger partial charge in [0.1, 0.15) is 6.10 Å². The summed E-state index contributed by atoms with van der Waals surface area (Å²) in [5.41, 5.74) is 0.892. The highest BCUT2D eigenvalue weighted by Crippen LogP contribution is 2.20. The molecular formula is C35H60O2. The summed E-state index contributed by atoms with van der Waals surface area (Å²) in [7, 11) is 0. The van der Waals surface area contributed by atoms with E-state index in [0.717, 1.165) is 18.4 Å². The topological polar surface area (TPSA) is 26.3 Å². The Balaban J connectivity index is 1.75. The SMILES string of the molecule is CCCCCCCCCCC=CCCC=CCCC=CCCCCCCCCCCC1=CC(C)OC1=O. The van der Waals surface area contributed by atoms with E-state index in [-0.39, 0.29) is 12.1 Å². The third-order valence-electron chi connectivity index (χ3n) is 7.28. The van der Waals surface area contributed by atoms with Crippen molar-refractivity contribution in [2.45, 2.75) is 168 Å². The van der Waals surface area contributed by atoms with Gasteiger partial charge in [-0.3, -0.25) is 0 Å². The molecule has 0 saturated carbocycles. The Labute approximate surface area is 231 Å². The van der Waals surface area contributed by atoms with E-state index in [1.165, 1.54) is 135 Å². The van der Waals surface area contributed by atoms with E-state index in [1.54, 1.807) is 0 Å². The highest BCUT2D eigenvalue weighted by Gasteiger charge is 2.21. The van der Waals surface area contributed by atoms with Crippen LogP contribution in [0.2, 0.25) is 0 Å². The molecule has 0 spiro atoms. The molecule has 0 aromatic rings. The first kappa shape index (κ1) is 33.5. The van der Waals surface area contributed by atoms with Crippen LogP contribution in [0.15, 0.2) is 48.1 Å². The van der Waals surface area contributed by atoms with E-state index in [4.69, 9.17) is 4.74 Å². The lowest BCUT2D eigenvalue weighted by Crippen LogP contribution is -2.03.